The van der Waals surface area contributed by atoms with E-state index in [-0.39, 0.29) is 24.2 Å². The summed E-state index contributed by atoms with van der Waals surface area (Å²) in [6, 6.07) is 6.46. The van der Waals surface area contributed by atoms with Gasteiger partial charge in [-0.05, 0) is 0 Å². The molecule has 0 fully saturated rings. The zero-order chi connectivity index (χ0) is 14.1. The molecule has 18 heavy (non-hydrogen) atoms. The summed E-state index contributed by atoms with van der Waals surface area (Å²) in [5.41, 5.74) is 0.635. The fourth-order valence-corrected chi connectivity index (χ4v) is 1.40. The largest absolute Gasteiger partial charge is 0.465 e. The van der Waals surface area contributed by atoms with Gasteiger partial charge in [0.05, 0.1) is 11.5 Å². The van der Waals surface area contributed by atoms with E-state index in [9.17, 15) is 14.9 Å². The van der Waals surface area contributed by atoms with Crippen LogP contribution in [0.1, 0.15) is 39.2 Å². The van der Waals surface area contributed by atoms with E-state index in [1.807, 2.05) is 13.8 Å². The van der Waals surface area contributed by atoms with Crippen LogP contribution < -0.4 is 0 Å². The van der Waals surface area contributed by atoms with Crippen LogP contribution in [0.2, 0.25) is 0 Å². The highest BCUT2D eigenvalue weighted by Gasteiger charge is 2.18. The number of ether oxygens (including phenoxy) is 1. The number of carbonyl (C=O) groups is 1. The molecule has 0 radical (unpaired) electrons. The van der Waals surface area contributed by atoms with Crippen LogP contribution in [0.5, 0.6) is 0 Å². The SMILES string of the molecule is CC.CC(=O)OCC(C)c1ccccc1[N+](=O)[O-]. The van der Waals surface area contributed by atoms with Gasteiger partial charge in [-0.25, -0.2) is 0 Å². The minimum atomic E-state index is -0.431. The molecule has 5 nitrogen and oxygen atoms in total. The molecule has 5 heteroatoms. The Labute approximate surface area is 107 Å². The molecule has 0 saturated heterocycles. The standard InChI is InChI=1S/C11H13NO4.C2H6/c1-8(7-16-9(2)13)10-5-3-4-6-11(10)12(14)15;1-2/h3-6,8H,7H2,1-2H3;1-2H3. The van der Waals surface area contributed by atoms with Crippen LogP contribution >= 0.6 is 0 Å². The average molecular weight is 253 g/mol. The van der Waals surface area contributed by atoms with Crippen molar-refractivity contribution in [1.82, 2.24) is 0 Å². The van der Waals surface area contributed by atoms with Crippen molar-refractivity contribution in [3.63, 3.8) is 0 Å². The normalized spacial score (nSPS) is 10.9. The van der Waals surface area contributed by atoms with Crippen molar-refractivity contribution < 1.29 is 14.5 Å². The molecule has 1 aromatic rings. The molecule has 0 spiro atoms. The lowest BCUT2D eigenvalue weighted by molar-refractivity contribution is -0.385. The first kappa shape index (κ1) is 16.1. The number of hydrogen-bond donors (Lipinski definition) is 0. The molecule has 1 aromatic carbocycles. The number of hydrogen-bond acceptors (Lipinski definition) is 4. The van der Waals surface area contributed by atoms with E-state index in [0.717, 1.165) is 0 Å². The molecule has 0 aliphatic heterocycles. The summed E-state index contributed by atoms with van der Waals surface area (Å²) < 4.78 is 4.83. The minimum absolute atomic E-state index is 0.0575. The van der Waals surface area contributed by atoms with Crippen molar-refractivity contribution >= 4 is 11.7 Å². The molecular formula is C13H19NO4. The number of esters is 1. The van der Waals surface area contributed by atoms with Gasteiger partial charge in [-0.1, -0.05) is 39.0 Å². The van der Waals surface area contributed by atoms with Gasteiger partial charge >= 0.3 is 5.97 Å². The molecular weight excluding hydrogens is 234 g/mol. The second-order valence-electron chi connectivity index (χ2n) is 3.52. The molecule has 1 atom stereocenters. The number of carbonyl (C=O) groups excluding carboxylic acids is 1. The minimum Gasteiger partial charge on any atom is -0.465 e. The number of benzene rings is 1. The van der Waals surface area contributed by atoms with Crippen molar-refractivity contribution in [2.75, 3.05) is 6.61 Å². The highest BCUT2D eigenvalue weighted by atomic mass is 16.6. The molecule has 0 saturated carbocycles. The summed E-state index contributed by atoms with van der Waals surface area (Å²) in [4.78, 5) is 21.0. The highest BCUT2D eigenvalue weighted by Crippen LogP contribution is 2.26. The summed E-state index contributed by atoms with van der Waals surface area (Å²) in [5, 5.41) is 10.8. The summed E-state index contributed by atoms with van der Waals surface area (Å²) in [6.07, 6.45) is 0. The van der Waals surface area contributed by atoms with E-state index < -0.39 is 4.92 Å². The van der Waals surface area contributed by atoms with E-state index in [2.05, 4.69) is 0 Å². The van der Waals surface area contributed by atoms with Crippen molar-refractivity contribution in [3.8, 4) is 0 Å². The fraction of sp³-hybridized carbons (Fsp3) is 0.462. The smallest absolute Gasteiger partial charge is 0.302 e. The van der Waals surface area contributed by atoms with Crippen molar-refractivity contribution in [3.05, 3.63) is 39.9 Å². The van der Waals surface area contributed by atoms with Crippen LogP contribution in [0, 0.1) is 10.1 Å². The summed E-state index contributed by atoms with van der Waals surface area (Å²) in [6.45, 7) is 7.25. The number of nitro groups is 1. The monoisotopic (exact) mass is 253 g/mol. The van der Waals surface area contributed by atoms with Gasteiger partial charge in [0.1, 0.15) is 0 Å². The van der Waals surface area contributed by atoms with E-state index in [4.69, 9.17) is 4.74 Å². The first-order valence-electron chi connectivity index (χ1n) is 5.89. The Kier molecular flexibility index (Phi) is 7.35. The van der Waals surface area contributed by atoms with E-state index in [0.29, 0.717) is 5.56 Å². The Morgan fingerprint density at radius 3 is 2.44 bits per heavy atom. The van der Waals surface area contributed by atoms with Crippen LogP contribution in [0.25, 0.3) is 0 Å². The van der Waals surface area contributed by atoms with Crippen LogP contribution in [-0.4, -0.2) is 17.5 Å². The van der Waals surface area contributed by atoms with Crippen molar-refractivity contribution in [1.29, 1.82) is 0 Å². The molecule has 0 N–H and O–H groups in total. The third kappa shape index (κ3) is 4.95. The molecule has 0 aromatic heterocycles. The predicted molar refractivity (Wildman–Crippen MR) is 69.5 cm³/mol. The Balaban J connectivity index is 0.00000137. The lowest BCUT2D eigenvalue weighted by Gasteiger charge is -2.11. The molecule has 0 aliphatic carbocycles. The Bertz CT molecular complexity index is 404. The van der Waals surface area contributed by atoms with Crippen LogP contribution in [-0.2, 0) is 9.53 Å². The van der Waals surface area contributed by atoms with Crippen LogP contribution in [0.15, 0.2) is 24.3 Å². The topological polar surface area (TPSA) is 69.4 Å². The summed E-state index contributed by atoms with van der Waals surface area (Å²) in [7, 11) is 0. The number of nitrogens with zero attached hydrogens (tertiary/aromatic N) is 1. The number of nitro benzene ring substituents is 1. The van der Waals surface area contributed by atoms with Gasteiger partial charge in [-0.2, -0.15) is 0 Å². The number of rotatable bonds is 4. The molecule has 1 rings (SSSR count). The second-order valence-corrected chi connectivity index (χ2v) is 3.52. The van der Waals surface area contributed by atoms with Crippen molar-refractivity contribution in [2.45, 2.75) is 33.6 Å². The maximum Gasteiger partial charge on any atom is 0.302 e. The average Bonchev–Trinajstić information content (AvgIpc) is 2.38. The quantitative estimate of drug-likeness (QED) is 0.469. The number of para-hydroxylation sites is 1. The van der Waals surface area contributed by atoms with E-state index in [1.54, 1.807) is 25.1 Å². The zero-order valence-corrected chi connectivity index (χ0v) is 11.2. The highest BCUT2D eigenvalue weighted by molar-refractivity contribution is 5.66. The Hall–Kier alpha value is -1.91. The van der Waals surface area contributed by atoms with Gasteiger partial charge in [-0.3, -0.25) is 14.9 Å². The first-order chi connectivity index (χ1) is 8.52. The molecule has 1 unspecified atom stereocenters. The van der Waals surface area contributed by atoms with Crippen LogP contribution in [0.3, 0.4) is 0 Å². The maximum absolute atomic E-state index is 10.8. The molecule has 100 valence electrons. The third-order valence-corrected chi connectivity index (χ3v) is 2.20. The zero-order valence-electron chi connectivity index (χ0n) is 11.2. The lowest BCUT2D eigenvalue weighted by Crippen LogP contribution is -2.09. The molecule has 0 aliphatic rings. The fourth-order valence-electron chi connectivity index (χ4n) is 1.40. The van der Waals surface area contributed by atoms with Gasteiger partial charge < -0.3 is 4.74 Å². The van der Waals surface area contributed by atoms with Gasteiger partial charge in [0.25, 0.3) is 5.69 Å². The Morgan fingerprint density at radius 1 is 1.39 bits per heavy atom. The third-order valence-electron chi connectivity index (χ3n) is 2.20. The van der Waals surface area contributed by atoms with Gasteiger partial charge in [-0.15, -0.1) is 0 Å². The van der Waals surface area contributed by atoms with Crippen LogP contribution in [0.4, 0.5) is 5.69 Å². The van der Waals surface area contributed by atoms with Gasteiger partial charge in [0.2, 0.25) is 0 Å². The van der Waals surface area contributed by atoms with Crippen molar-refractivity contribution in [2.24, 2.45) is 0 Å². The van der Waals surface area contributed by atoms with Gasteiger partial charge in [0, 0.05) is 24.5 Å². The molecule has 0 heterocycles. The summed E-state index contributed by atoms with van der Waals surface area (Å²) in [5.74, 6) is -0.573. The molecule has 0 amide bonds. The maximum atomic E-state index is 10.8. The summed E-state index contributed by atoms with van der Waals surface area (Å²) >= 11 is 0. The van der Waals surface area contributed by atoms with E-state index in [1.165, 1.54) is 13.0 Å². The first-order valence-corrected chi connectivity index (χ1v) is 5.89. The Morgan fingerprint density at radius 2 is 1.94 bits per heavy atom. The second kappa shape index (κ2) is 8.22. The molecule has 0 bridgehead atoms. The van der Waals surface area contributed by atoms with E-state index >= 15 is 0 Å². The lowest BCUT2D eigenvalue weighted by atomic mass is 10.0. The van der Waals surface area contributed by atoms with Gasteiger partial charge in [0.15, 0.2) is 0 Å². The predicted octanol–water partition coefficient (Wildman–Crippen LogP) is 3.29.